The van der Waals surface area contributed by atoms with Gasteiger partial charge in [0, 0.05) is 28.3 Å². The summed E-state index contributed by atoms with van der Waals surface area (Å²) in [5, 5.41) is 8.50. The second kappa shape index (κ2) is 10.2. The molecule has 1 N–H and O–H groups in total. The molecular formula is C27H23Cl2F2N3O. The largest absolute Gasteiger partial charge is 0.326 e. The third-order valence-electron chi connectivity index (χ3n) is 5.62. The minimum absolute atomic E-state index is 0.0483. The number of nitrogens with zero attached hydrogens (tertiary/aromatic N) is 2. The van der Waals surface area contributed by atoms with E-state index in [0.717, 1.165) is 22.6 Å². The summed E-state index contributed by atoms with van der Waals surface area (Å²) in [6, 6.07) is 20.4. The van der Waals surface area contributed by atoms with E-state index in [4.69, 9.17) is 23.2 Å². The molecule has 0 atom stereocenters. The van der Waals surface area contributed by atoms with Crippen LogP contribution in [-0.4, -0.2) is 15.7 Å². The molecule has 1 aromatic heterocycles. The van der Waals surface area contributed by atoms with Crippen LogP contribution in [0.2, 0.25) is 10.0 Å². The zero-order chi connectivity index (χ0) is 25.2. The van der Waals surface area contributed by atoms with Crippen molar-refractivity contribution in [2.45, 2.75) is 32.6 Å². The molecule has 0 saturated carbocycles. The van der Waals surface area contributed by atoms with Crippen LogP contribution >= 0.6 is 23.2 Å². The molecule has 0 aliphatic carbocycles. The number of aryl methyl sites for hydroxylation is 1. The Morgan fingerprint density at radius 2 is 1.69 bits per heavy atom. The number of halogens is 4. The van der Waals surface area contributed by atoms with Crippen LogP contribution in [0.1, 0.15) is 30.2 Å². The average molecular weight is 514 g/mol. The second-order valence-corrected chi connectivity index (χ2v) is 9.08. The van der Waals surface area contributed by atoms with E-state index in [1.54, 1.807) is 41.1 Å². The lowest BCUT2D eigenvalue weighted by Crippen LogP contribution is -2.15. The van der Waals surface area contributed by atoms with Crippen LogP contribution in [-0.2, 0) is 17.1 Å². The van der Waals surface area contributed by atoms with Crippen molar-refractivity contribution in [1.82, 2.24) is 9.78 Å². The zero-order valence-electron chi connectivity index (χ0n) is 19.2. The number of hydrogen-bond acceptors (Lipinski definition) is 2. The first kappa shape index (κ1) is 24.9. The highest BCUT2D eigenvalue weighted by Gasteiger charge is 2.28. The highest BCUT2D eigenvalue weighted by molar-refractivity contribution is 6.36. The van der Waals surface area contributed by atoms with E-state index < -0.39 is 5.92 Å². The molecule has 0 unspecified atom stereocenters. The molecule has 4 rings (SSSR count). The standard InChI is InChI=1S/C27H23Cl2F2N3O/c1-3-27(30,31)19-6-4-18(5-7-19)15-26(35)32-21-9-11-22(12-10-21)34-25(14-17(2)33-34)23-13-8-20(28)16-24(23)29/h4-14,16H,3,15H2,1-2H3,(H,32,35). The lowest BCUT2D eigenvalue weighted by Gasteiger charge is -2.14. The van der Waals surface area contributed by atoms with Crippen LogP contribution in [0.4, 0.5) is 14.5 Å². The number of aromatic nitrogens is 2. The summed E-state index contributed by atoms with van der Waals surface area (Å²) >= 11 is 12.4. The maximum atomic E-state index is 13.8. The van der Waals surface area contributed by atoms with Gasteiger partial charge in [0.15, 0.2) is 0 Å². The van der Waals surface area contributed by atoms with E-state index in [1.165, 1.54) is 19.1 Å². The minimum Gasteiger partial charge on any atom is -0.326 e. The number of hydrogen-bond donors (Lipinski definition) is 1. The summed E-state index contributed by atoms with van der Waals surface area (Å²) in [4.78, 5) is 12.5. The number of alkyl halides is 2. The minimum atomic E-state index is -2.87. The van der Waals surface area contributed by atoms with E-state index in [9.17, 15) is 13.6 Å². The smallest absolute Gasteiger partial charge is 0.273 e. The molecule has 1 heterocycles. The fraction of sp³-hybridized carbons (Fsp3) is 0.185. The Balaban J connectivity index is 1.47. The Kier molecular flexibility index (Phi) is 7.24. The summed E-state index contributed by atoms with van der Waals surface area (Å²) in [6.45, 7) is 3.34. The Labute approximate surface area is 212 Å². The van der Waals surface area contributed by atoms with Crippen molar-refractivity contribution >= 4 is 34.8 Å². The van der Waals surface area contributed by atoms with E-state index in [0.29, 0.717) is 21.3 Å². The Morgan fingerprint density at radius 1 is 1.00 bits per heavy atom. The van der Waals surface area contributed by atoms with Gasteiger partial charge < -0.3 is 5.32 Å². The molecule has 8 heteroatoms. The number of nitrogens with one attached hydrogen (secondary N) is 1. The van der Waals surface area contributed by atoms with Crippen molar-refractivity contribution in [2.24, 2.45) is 0 Å². The monoisotopic (exact) mass is 513 g/mol. The topological polar surface area (TPSA) is 46.9 Å². The normalized spacial score (nSPS) is 11.5. The van der Waals surface area contributed by atoms with E-state index in [2.05, 4.69) is 10.4 Å². The highest BCUT2D eigenvalue weighted by Crippen LogP contribution is 2.33. The Morgan fingerprint density at radius 3 is 2.31 bits per heavy atom. The van der Waals surface area contributed by atoms with Gasteiger partial charge in [-0.2, -0.15) is 5.10 Å². The lowest BCUT2D eigenvalue weighted by atomic mass is 10.0. The molecule has 0 aliphatic rings. The van der Waals surface area contributed by atoms with E-state index in [-0.39, 0.29) is 24.3 Å². The number of amides is 1. The van der Waals surface area contributed by atoms with Gasteiger partial charge in [0.1, 0.15) is 0 Å². The number of benzene rings is 3. The van der Waals surface area contributed by atoms with Crippen molar-refractivity contribution in [1.29, 1.82) is 0 Å². The molecule has 180 valence electrons. The van der Waals surface area contributed by atoms with Gasteiger partial charge in [-0.15, -0.1) is 0 Å². The molecule has 0 aliphatic heterocycles. The van der Waals surface area contributed by atoms with Crippen LogP contribution in [0.3, 0.4) is 0 Å². The predicted octanol–water partition coefficient (Wildman–Crippen LogP) is 7.84. The van der Waals surface area contributed by atoms with Gasteiger partial charge in [0.05, 0.1) is 28.5 Å². The van der Waals surface area contributed by atoms with Crippen molar-refractivity contribution in [3.8, 4) is 16.9 Å². The van der Waals surface area contributed by atoms with Crippen LogP contribution < -0.4 is 5.32 Å². The van der Waals surface area contributed by atoms with Crippen LogP contribution in [0.15, 0.2) is 72.8 Å². The summed E-state index contributed by atoms with van der Waals surface area (Å²) in [6.07, 6.45) is -0.188. The van der Waals surface area contributed by atoms with Gasteiger partial charge in [-0.05, 0) is 61.0 Å². The maximum Gasteiger partial charge on any atom is 0.273 e. The van der Waals surface area contributed by atoms with E-state index >= 15 is 0 Å². The number of carbonyl (C=O) groups is 1. The third-order valence-corrected chi connectivity index (χ3v) is 6.17. The number of anilines is 1. The van der Waals surface area contributed by atoms with Gasteiger partial charge in [-0.1, -0.05) is 54.4 Å². The van der Waals surface area contributed by atoms with Crippen molar-refractivity contribution < 1.29 is 13.6 Å². The van der Waals surface area contributed by atoms with Crippen molar-refractivity contribution in [3.63, 3.8) is 0 Å². The molecule has 0 fully saturated rings. The molecule has 3 aromatic carbocycles. The fourth-order valence-corrected chi connectivity index (χ4v) is 4.24. The Hall–Kier alpha value is -3.22. The quantitative estimate of drug-likeness (QED) is 0.273. The first-order chi connectivity index (χ1) is 16.7. The van der Waals surface area contributed by atoms with Gasteiger partial charge in [0.25, 0.3) is 5.92 Å². The van der Waals surface area contributed by atoms with Gasteiger partial charge in [0.2, 0.25) is 5.91 Å². The lowest BCUT2D eigenvalue weighted by molar-refractivity contribution is -0.115. The summed E-state index contributed by atoms with van der Waals surface area (Å²) in [5.41, 5.74) is 4.47. The summed E-state index contributed by atoms with van der Waals surface area (Å²) in [7, 11) is 0. The molecule has 0 bridgehead atoms. The second-order valence-electron chi connectivity index (χ2n) is 8.23. The molecular weight excluding hydrogens is 491 g/mol. The first-order valence-electron chi connectivity index (χ1n) is 11.1. The Bertz CT molecular complexity index is 1350. The first-order valence-corrected chi connectivity index (χ1v) is 11.8. The molecule has 0 radical (unpaired) electrons. The zero-order valence-corrected chi connectivity index (χ0v) is 20.7. The number of rotatable bonds is 7. The number of carbonyl (C=O) groups excluding carboxylic acids is 1. The molecule has 1 amide bonds. The molecule has 35 heavy (non-hydrogen) atoms. The fourth-order valence-electron chi connectivity index (χ4n) is 3.73. The van der Waals surface area contributed by atoms with Crippen molar-refractivity contribution in [2.75, 3.05) is 5.32 Å². The predicted molar refractivity (Wildman–Crippen MR) is 137 cm³/mol. The summed E-state index contributed by atoms with van der Waals surface area (Å²) < 4.78 is 29.3. The third kappa shape index (κ3) is 5.72. The molecule has 0 saturated heterocycles. The average Bonchev–Trinajstić information content (AvgIpc) is 3.21. The van der Waals surface area contributed by atoms with Crippen LogP contribution in [0, 0.1) is 6.92 Å². The van der Waals surface area contributed by atoms with Crippen molar-refractivity contribution in [3.05, 3.63) is 99.7 Å². The van der Waals surface area contributed by atoms with Gasteiger partial charge in [-0.25, -0.2) is 13.5 Å². The maximum absolute atomic E-state index is 13.8. The summed E-state index contributed by atoms with van der Waals surface area (Å²) in [5.74, 6) is -3.11. The molecule has 4 aromatic rings. The van der Waals surface area contributed by atoms with Crippen LogP contribution in [0.25, 0.3) is 16.9 Å². The van der Waals surface area contributed by atoms with E-state index in [1.807, 2.05) is 31.2 Å². The molecule has 4 nitrogen and oxygen atoms in total. The SMILES string of the molecule is CCC(F)(F)c1ccc(CC(=O)Nc2ccc(-n3nc(C)cc3-c3ccc(Cl)cc3Cl)cc2)cc1. The van der Waals surface area contributed by atoms with Gasteiger partial charge in [-0.3, -0.25) is 4.79 Å². The molecule has 0 spiro atoms. The van der Waals surface area contributed by atoms with Gasteiger partial charge >= 0.3 is 0 Å². The highest BCUT2D eigenvalue weighted by atomic mass is 35.5. The van der Waals surface area contributed by atoms with Crippen LogP contribution in [0.5, 0.6) is 0 Å².